The zero-order valence-corrected chi connectivity index (χ0v) is 11.7. The molecule has 1 aromatic rings. The Morgan fingerprint density at radius 2 is 2.11 bits per heavy atom. The lowest BCUT2D eigenvalue weighted by atomic mass is 10.0. The summed E-state index contributed by atoms with van der Waals surface area (Å²) in [6.07, 6.45) is 0.630. The average Bonchev–Trinajstić information content (AvgIpc) is 2.33. The molecule has 0 amide bonds. The number of carbonyl (C=O) groups excluding carboxylic acids is 1. The molecule has 1 aromatic carbocycles. The van der Waals surface area contributed by atoms with Crippen LogP contribution in [0.4, 0.5) is 8.78 Å². The summed E-state index contributed by atoms with van der Waals surface area (Å²) in [6.45, 7) is -2.99. The van der Waals surface area contributed by atoms with Gasteiger partial charge >= 0.3 is 6.61 Å². The standard InChI is InChI=1S/C11H10BrClF2O3/c1-17-10-3-9(18-11(14)15)7(2-8(10)13)6(4-12)5-16/h2-3,5-6,11H,4H2,1H3. The maximum absolute atomic E-state index is 12.3. The summed E-state index contributed by atoms with van der Waals surface area (Å²) in [6, 6.07) is 2.63. The van der Waals surface area contributed by atoms with Gasteiger partial charge in [-0.15, -0.1) is 0 Å². The number of aldehydes is 1. The maximum atomic E-state index is 12.3. The van der Waals surface area contributed by atoms with Crippen molar-refractivity contribution in [1.29, 1.82) is 0 Å². The Morgan fingerprint density at radius 1 is 1.44 bits per heavy atom. The normalized spacial score (nSPS) is 12.3. The largest absolute Gasteiger partial charge is 0.495 e. The molecule has 0 saturated heterocycles. The number of benzene rings is 1. The molecule has 0 bridgehead atoms. The molecule has 0 aliphatic carbocycles. The van der Waals surface area contributed by atoms with Crippen molar-refractivity contribution in [1.82, 2.24) is 0 Å². The SMILES string of the molecule is COc1cc(OC(F)F)c(C(C=O)CBr)cc1Cl. The predicted molar refractivity (Wildman–Crippen MR) is 67.2 cm³/mol. The second-order valence-electron chi connectivity index (χ2n) is 3.30. The van der Waals surface area contributed by atoms with Gasteiger partial charge < -0.3 is 14.3 Å². The first-order chi connectivity index (χ1) is 8.53. The van der Waals surface area contributed by atoms with Crippen LogP contribution in [-0.2, 0) is 4.79 Å². The lowest BCUT2D eigenvalue weighted by Gasteiger charge is -2.16. The Balaban J connectivity index is 3.28. The van der Waals surface area contributed by atoms with Gasteiger partial charge in [0.25, 0.3) is 0 Å². The van der Waals surface area contributed by atoms with E-state index >= 15 is 0 Å². The summed E-state index contributed by atoms with van der Waals surface area (Å²) in [5, 5.41) is 0.501. The molecule has 0 aliphatic rings. The Kier molecular flexibility index (Phi) is 5.81. The van der Waals surface area contributed by atoms with E-state index in [4.69, 9.17) is 16.3 Å². The molecule has 0 heterocycles. The highest BCUT2D eigenvalue weighted by atomic mass is 79.9. The zero-order chi connectivity index (χ0) is 13.7. The van der Waals surface area contributed by atoms with Crippen molar-refractivity contribution in [3.63, 3.8) is 0 Å². The minimum atomic E-state index is -2.99. The Hall–Kier alpha value is -0.880. The van der Waals surface area contributed by atoms with Crippen LogP contribution < -0.4 is 9.47 Å². The molecule has 0 saturated carbocycles. The van der Waals surface area contributed by atoms with Gasteiger partial charge in [-0.25, -0.2) is 0 Å². The predicted octanol–water partition coefficient (Wildman–Crippen LogP) is 3.63. The molecule has 0 aromatic heterocycles. The first-order valence-electron chi connectivity index (χ1n) is 4.87. The van der Waals surface area contributed by atoms with E-state index in [1.165, 1.54) is 19.2 Å². The number of hydrogen-bond acceptors (Lipinski definition) is 3. The topological polar surface area (TPSA) is 35.5 Å². The summed E-state index contributed by atoms with van der Waals surface area (Å²) in [4.78, 5) is 10.9. The summed E-state index contributed by atoms with van der Waals surface area (Å²) in [7, 11) is 1.36. The second kappa shape index (κ2) is 6.89. The summed E-state index contributed by atoms with van der Waals surface area (Å²) < 4.78 is 33.9. The van der Waals surface area contributed by atoms with Crippen LogP contribution in [0.15, 0.2) is 12.1 Å². The van der Waals surface area contributed by atoms with Gasteiger partial charge in [-0.05, 0) is 6.07 Å². The number of hydrogen-bond donors (Lipinski definition) is 0. The number of ether oxygens (including phenoxy) is 2. The van der Waals surface area contributed by atoms with Crippen LogP contribution in [-0.4, -0.2) is 25.3 Å². The number of halogens is 4. The zero-order valence-electron chi connectivity index (χ0n) is 9.33. The molecule has 1 unspecified atom stereocenters. The molecule has 0 radical (unpaired) electrons. The van der Waals surface area contributed by atoms with Crippen LogP contribution in [0.1, 0.15) is 11.5 Å². The third-order valence-corrected chi connectivity index (χ3v) is 3.22. The molecule has 0 aliphatic heterocycles. The second-order valence-corrected chi connectivity index (χ2v) is 4.35. The van der Waals surface area contributed by atoms with E-state index in [9.17, 15) is 13.6 Å². The first-order valence-corrected chi connectivity index (χ1v) is 6.36. The third kappa shape index (κ3) is 3.55. The molecule has 0 spiro atoms. The van der Waals surface area contributed by atoms with Gasteiger partial charge in [-0.3, -0.25) is 0 Å². The van der Waals surface area contributed by atoms with Crippen molar-refractivity contribution in [3.05, 3.63) is 22.7 Å². The maximum Gasteiger partial charge on any atom is 0.387 e. The quantitative estimate of drug-likeness (QED) is 0.584. The van der Waals surface area contributed by atoms with Crippen molar-refractivity contribution in [2.24, 2.45) is 0 Å². The smallest absolute Gasteiger partial charge is 0.387 e. The highest BCUT2D eigenvalue weighted by molar-refractivity contribution is 9.09. The number of rotatable bonds is 6. The molecule has 1 rings (SSSR count). The van der Waals surface area contributed by atoms with Gasteiger partial charge in [0.15, 0.2) is 0 Å². The van der Waals surface area contributed by atoms with Gasteiger partial charge in [0.2, 0.25) is 0 Å². The van der Waals surface area contributed by atoms with E-state index in [1.54, 1.807) is 0 Å². The average molecular weight is 344 g/mol. The van der Waals surface area contributed by atoms with Crippen molar-refractivity contribution < 1.29 is 23.0 Å². The Labute approximate surface area is 116 Å². The lowest BCUT2D eigenvalue weighted by Crippen LogP contribution is -2.09. The van der Waals surface area contributed by atoms with Crippen LogP contribution in [0.25, 0.3) is 0 Å². The van der Waals surface area contributed by atoms with E-state index in [-0.39, 0.29) is 27.4 Å². The Bertz CT molecular complexity index is 429. The third-order valence-electron chi connectivity index (χ3n) is 2.23. The van der Waals surface area contributed by atoms with E-state index < -0.39 is 12.5 Å². The molecule has 0 N–H and O–H groups in total. The molecular formula is C11H10BrClF2O3. The van der Waals surface area contributed by atoms with Gasteiger partial charge in [-0.1, -0.05) is 27.5 Å². The number of methoxy groups -OCH3 is 1. The van der Waals surface area contributed by atoms with E-state index in [2.05, 4.69) is 20.7 Å². The lowest BCUT2D eigenvalue weighted by molar-refractivity contribution is -0.108. The summed E-state index contributed by atoms with van der Waals surface area (Å²) >= 11 is 9.02. The molecule has 7 heteroatoms. The van der Waals surface area contributed by atoms with Gasteiger partial charge in [0, 0.05) is 17.0 Å². The molecule has 1 atom stereocenters. The number of alkyl halides is 3. The minimum absolute atomic E-state index is 0.122. The first kappa shape index (κ1) is 15.2. The van der Waals surface area contributed by atoms with E-state index in [0.717, 1.165) is 0 Å². The highest BCUT2D eigenvalue weighted by Gasteiger charge is 2.20. The number of carbonyl (C=O) groups is 1. The monoisotopic (exact) mass is 342 g/mol. The molecule has 100 valence electrons. The highest BCUT2D eigenvalue weighted by Crippen LogP contribution is 2.37. The molecule has 18 heavy (non-hydrogen) atoms. The molecular weight excluding hydrogens is 333 g/mol. The van der Waals surface area contributed by atoms with Crippen molar-refractivity contribution in [2.75, 3.05) is 12.4 Å². The fourth-order valence-electron chi connectivity index (χ4n) is 1.39. The van der Waals surface area contributed by atoms with E-state index in [1.807, 2.05) is 0 Å². The van der Waals surface area contributed by atoms with Crippen LogP contribution >= 0.6 is 27.5 Å². The van der Waals surface area contributed by atoms with Crippen LogP contribution in [0.3, 0.4) is 0 Å². The molecule has 3 nitrogen and oxygen atoms in total. The van der Waals surface area contributed by atoms with Crippen molar-refractivity contribution >= 4 is 33.8 Å². The molecule has 0 fully saturated rings. The van der Waals surface area contributed by atoms with Gasteiger partial charge in [-0.2, -0.15) is 8.78 Å². The fourth-order valence-corrected chi connectivity index (χ4v) is 2.14. The Morgan fingerprint density at radius 3 is 2.56 bits per heavy atom. The van der Waals surface area contributed by atoms with Crippen LogP contribution in [0.5, 0.6) is 11.5 Å². The fraction of sp³-hybridized carbons (Fsp3) is 0.364. The van der Waals surface area contributed by atoms with Gasteiger partial charge in [0.1, 0.15) is 17.8 Å². The minimum Gasteiger partial charge on any atom is -0.495 e. The van der Waals surface area contributed by atoms with Crippen molar-refractivity contribution in [3.8, 4) is 11.5 Å². The van der Waals surface area contributed by atoms with Crippen LogP contribution in [0.2, 0.25) is 5.02 Å². The summed E-state index contributed by atoms with van der Waals surface area (Å²) in [5.74, 6) is -0.541. The van der Waals surface area contributed by atoms with Gasteiger partial charge in [0.05, 0.1) is 18.1 Å². The van der Waals surface area contributed by atoms with E-state index in [0.29, 0.717) is 6.29 Å². The van der Waals surface area contributed by atoms with Crippen LogP contribution in [0, 0.1) is 0 Å². The summed E-state index contributed by atoms with van der Waals surface area (Å²) in [5.41, 5.74) is 0.285. The van der Waals surface area contributed by atoms with Crippen molar-refractivity contribution in [2.45, 2.75) is 12.5 Å².